The van der Waals surface area contributed by atoms with Gasteiger partial charge in [-0.2, -0.15) is 11.3 Å². The predicted octanol–water partition coefficient (Wildman–Crippen LogP) is 2.68. The first-order valence-electron chi connectivity index (χ1n) is 7.86. The molecule has 22 heavy (non-hydrogen) atoms. The number of thiophene rings is 1. The van der Waals surface area contributed by atoms with E-state index < -0.39 is 6.10 Å². The second kappa shape index (κ2) is 8.50. The molecular formula is C16H26N2O3S. The molecule has 0 bridgehead atoms. The molecule has 2 amide bonds. The third kappa shape index (κ3) is 4.97. The quantitative estimate of drug-likeness (QED) is 0.688. The maximum Gasteiger partial charge on any atom is 0.314 e. The SMILES string of the molecule is COCCC1(CNC(=O)NCC(O)c2ccsc2)CCCC1. The van der Waals surface area contributed by atoms with E-state index in [1.807, 2.05) is 16.8 Å². The highest BCUT2D eigenvalue weighted by molar-refractivity contribution is 7.07. The zero-order valence-corrected chi connectivity index (χ0v) is 14.0. The van der Waals surface area contributed by atoms with Crippen LogP contribution >= 0.6 is 11.3 Å². The van der Waals surface area contributed by atoms with Crippen LogP contribution in [0.15, 0.2) is 16.8 Å². The summed E-state index contributed by atoms with van der Waals surface area (Å²) in [5.74, 6) is 0. The number of carbonyl (C=O) groups excluding carboxylic acids is 1. The molecule has 1 aromatic heterocycles. The zero-order chi connectivity index (χ0) is 15.8. The average molecular weight is 326 g/mol. The highest BCUT2D eigenvalue weighted by Crippen LogP contribution is 2.40. The van der Waals surface area contributed by atoms with Crippen LogP contribution in [-0.2, 0) is 4.74 Å². The fraction of sp³-hybridized carbons (Fsp3) is 0.688. The Morgan fingerprint density at radius 2 is 2.23 bits per heavy atom. The van der Waals surface area contributed by atoms with E-state index in [1.165, 1.54) is 24.2 Å². The fourth-order valence-corrected chi connectivity index (χ4v) is 3.77. The number of carbonyl (C=O) groups is 1. The van der Waals surface area contributed by atoms with Crippen LogP contribution in [0.5, 0.6) is 0 Å². The summed E-state index contributed by atoms with van der Waals surface area (Å²) in [7, 11) is 1.72. The summed E-state index contributed by atoms with van der Waals surface area (Å²) >= 11 is 1.54. The first-order valence-corrected chi connectivity index (χ1v) is 8.80. The van der Waals surface area contributed by atoms with E-state index in [9.17, 15) is 9.90 Å². The van der Waals surface area contributed by atoms with Gasteiger partial charge in [0.05, 0.1) is 6.10 Å². The zero-order valence-electron chi connectivity index (χ0n) is 13.1. The topological polar surface area (TPSA) is 70.6 Å². The van der Waals surface area contributed by atoms with Crippen molar-refractivity contribution < 1.29 is 14.6 Å². The molecule has 124 valence electrons. The van der Waals surface area contributed by atoms with Gasteiger partial charge in [-0.05, 0) is 47.1 Å². The van der Waals surface area contributed by atoms with Crippen LogP contribution in [-0.4, -0.2) is 37.9 Å². The minimum Gasteiger partial charge on any atom is -0.387 e. The number of amides is 2. The van der Waals surface area contributed by atoms with Crippen LogP contribution in [0, 0.1) is 5.41 Å². The predicted molar refractivity (Wildman–Crippen MR) is 88.1 cm³/mol. The van der Waals surface area contributed by atoms with Gasteiger partial charge < -0.3 is 20.5 Å². The molecule has 0 aromatic carbocycles. The molecule has 3 N–H and O–H groups in total. The minimum atomic E-state index is -0.647. The number of hydrogen-bond acceptors (Lipinski definition) is 4. The Hall–Kier alpha value is -1.11. The first-order chi connectivity index (χ1) is 10.7. The second-order valence-electron chi connectivity index (χ2n) is 6.09. The monoisotopic (exact) mass is 326 g/mol. The van der Waals surface area contributed by atoms with E-state index in [4.69, 9.17) is 4.74 Å². The summed E-state index contributed by atoms with van der Waals surface area (Å²) in [5, 5.41) is 19.5. The van der Waals surface area contributed by atoms with Crippen molar-refractivity contribution in [2.45, 2.75) is 38.2 Å². The van der Waals surface area contributed by atoms with Gasteiger partial charge in [0.25, 0.3) is 0 Å². The number of hydrogen-bond donors (Lipinski definition) is 3. The van der Waals surface area contributed by atoms with Crippen molar-refractivity contribution >= 4 is 17.4 Å². The molecule has 1 saturated carbocycles. The molecule has 6 heteroatoms. The minimum absolute atomic E-state index is 0.180. The van der Waals surface area contributed by atoms with Gasteiger partial charge in [0, 0.05) is 26.8 Å². The molecule has 0 aliphatic heterocycles. The van der Waals surface area contributed by atoms with Crippen molar-refractivity contribution in [3.05, 3.63) is 22.4 Å². The lowest BCUT2D eigenvalue weighted by Crippen LogP contribution is -2.43. The van der Waals surface area contributed by atoms with Gasteiger partial charge in [0.15, 0.2) is 0 Å². The fourth-order valence-electron chi connectivity index (χ4n) is 3.06. The molecule has 1 aliphatic carbocycles. The van der Waals surface area contributed by atoms with Gasteiger partial charge in [-0.25, -0.2) is 4.79 Å². The second-order valence-corrected chi connectivity index (χ2v) is 6.87. The molecule has 1 heterocycles. The van der Waals surface area contributed by atoms with Crippen LogP contribution in [0.25, 0.3) is 0 Å². The third-order valence-electron chi connectivity index (χ3n) is 4.51. The number of nitrogens with one attached hydrogen (secondary N) is 2. The number of urea groups is 1. The van der Waals surface area contributed by atoms with E-state index in [0.29, 0.717) is 6.54 Å². The van der Waals surface area contributed by atoms with Gasteiger partial charge in [0.2, 0.25) is 0 Å². The average Bonchev–Trinajstić information content (AvgIpc) is 3.20. The Morgan fingerprint density at radius 1 is 1.45 bits per heavy atom. The summed E-state index contributed by atoms with van der Waals surface area (Å²) in [6.07, 6.45) is 5.09. The maximum absolute atomic E-state index is 11.9. The van der Waals surface area contributed by atoms with Crippen molar-refractivity contribution in [3.8, 4) is 0 Å². The lowest BCUT2D eigenvalue weighted by atomic mass is 9.83. The standard InChI is InChI=1S/C16H26N2O3S/c1-21-8-7-16(5-2-3-6-16)12-18-15(20)17-10-14(19)13-4-9-22-11-13/h4,9,11,14,19H,2-3,5-8,10,12H2,1H3,(H2,17,18,20). The Morgan fingerprint density at radius 3 is 2.86 bits per heavy atom. The van der Waals surface area contributed by atoms with E-state index >= 15 is 0 Å². The third-order valence-corrected chi connectivity index (χ3v) is 5.21. The molecule has 0 saturated heterocycles. The van der Waals surface area contributed by atoms with Crippen LogP contribution in [0.3, 0.4) is 0 Å². The Balaban J connectivity index is 1.72. The summed E-state index contributed by atoms with van der Waals surface area (Å²) < 4.78 is 5.20. The number of methoxy groups -OCH3 is 1. The van der Waals surface area contributed by atoms with Crippen LogP contribution in [0.2, 0.25) is 0 Å². The van der Waals surface area contributed by atoms with Crippen LogP contribution < -0.4 is 10.6 Å². The molecule has 1 fully saturated rings. The van der Waals surface area contributed by atoms with Crippen molar-refractivity contribution in [2.75, 3.05) is 26.8 Å². The lowest BCUT2D eigenvalue weighted by Gasteiger charge is -2.29. The van der Waals surface area contributed by atoms with Crippen LogP contribution in [0.1, 0.15) is 43.8 Å². The molecule has 2 rings (SSSR count). The van der Waals surface area contributed by atoms with Gasteiger partial charge in [-0.1, -0.05) is 12.8 Å². The largest absolute Gasteiger partial charge is 0.387 e. The van der Waals surface area contributed by atoms with Gasteiger partial charge in [-0.15, -0.1) is 0 Å². The first kappa shape index (κ1) is 17.2. The van der Waals surface area contributed by atoms with E-state index in [0.717, 1.165) is 31.4 Å². The molecule has 1 aliphatic rings. The number of rotatable bonds is 8. The van der Waals surface area contributed by atoms with Crippen LogP contribution in [0.4, 0.5) is 4.79 Å². The van der Waals surface area contributed by atoms with Crippen molar-refractivity contribution in [1.29, 1.82) is 0 Å². The summed E-state index contributed by atoms with van der Waals surface area (Å²) in [6.45, 7) is 1.64. The highest BCUT2D eigenvalue weighted by atomic mass is 32.1. The Bertz CT molecular complexity index is 444. The Kier molecular flexibility index (Phi) is 6.67. The summed E-state index contributed by atoms with van der Waals surface area (Å²) in [5.41, 5.74) is 1.02. The van der Waals surface area contributed by atoms with Crippen molar-refractivity contribution in [2.24, 2.45) is 5.41 Å². The smallest absolute Gasteiger partial charge is 0.314 e. The van der Waals surface area contributed by atoms with Crippen molar-refractivity contribution in [3.63, 3.8) is 0 Å². The van der Waals surface area contributed by atoms with E-state index in [2.05, 4.69) is 10.6 Å². The van der Waals surface area contributed by atoms with Crippen molar-refractivity contribution in [1.82, 2.24) is 10.6 Å². The molecular weight excluding hydrogens is 300 g/mol. The number of aliphatic hydroxyl groups excluding tert-OH is 1. The lowest BCUT2D eigenvalue weighted by molar-refractivity contribution is 0.135. The summed E-state index contributed by atoms with van der Waals surface area (Å²) in [6, 6.07) is 1.66. The normalized spacial score (nSPS) is 18.1. The Labute approximate surface area is 136 Å². The van der Waals surface area contributed by atoms with Gasteiger partial charge in [-0.3, -0.25) is 0 Å². The molecule has 0 spiro atoms. The van der Waals surface area contributed by atoms with E-state index in [1.54, 1.807) is 7.11 Å². The molecule has 1 atom stereocenters. The number of aliphatic hydroxyl groups is 1. The van der Waals surface area contributed by atoms with Gasteiger partial charge >= 0.3 is 6.03 Å². The highest BCUT2D eigenvalue weighted by Gasteiger charge is 2.33. The summed E-state index contributed by atoms with van der Waals surface area (Å²) in [4.78, 5) is 11.9. The molecule has 5 nitrogen and oxygen atoms in total. The molecule has 1 aromatic rings. The maximum atomic E-state index is 11.9. The molecule has 1 unspecified atom stereocenters. The number of ether oxygens (including phenoxy) is 1. The van der Waals surface area contributed by atoms with E-state index in [-0.39, 0.29) is 18.0 Å². The molecule has 0 radical (unpaired) electrons. The van der Waals surface area contributed by atoms with Gasteiger partial charge in [0.1, 0.15) is 0 Å².